The summed E-state index contributed by atoms with van der Waals surface area (Å²) in [5.41, 5.74) is 0.414. The Hall–Kier alpha value is -1.91. The molecule has 1 aromatic carbocycles. The molecular formula is C12H15N3O3S. The molecule has 0 saturated heterocycles. The van der Waals surface area contributed by atoms with Gasteiger partial charge in [-0.1, -0.05) is 0 Å². The highest BCUT2D eigenvalue weighted by atomic mass is 32.2. The van der Waals surface area contributed by atoms with Crippen LogP contribution in [0.1, 0.15) is 5.56 Å². The lowest BCUT2D eigenvalue weighted by atomic mass is 10.2. The van der Waals surface area contributed by atoms with Crippen LogP contribution in [0.4, 0.5) is 0 Å². The zero-order valence-electron chi connectivity index (χ0n) is 10.5. The summed E-state index contributed by atoms with van der Waals surface area (Å²) in [7, 11) is -1.88. The molecule has 1 amide bonds. The normalized spacial score (nSPS) is 10.7. The first-order valence-corrected chi connectivity index (χ1v) is 7.29. The summed E-state index contributed by atoms with van der Waals surface area (Å²) in [6, 6.07) is 7.67. The number of amides is 1. The van der Waals surface area contributed by atoms with E-state index >= 15 is 0 Å². The minimum absolute atomic E-state index is 0.0827. The van der Waals surface area contributed by atoms with Crippen molar-refractivity contribution in [3.8, 4) is 6.07 Å². The predicted octanol–water partition coefficient (Wildman–Crippen LogP) is -0.332. The summed E-state index contributed by atoms with van der Waals surface area (Å²) in [5.74, 6) is -0.300. The Labute approximate surface area is 112 Å². The number of hydrogen-bond donors (Lipinski definition) is 2. The Morgan fingerprint density at radius 1 is 1.32 bits per heavy atom. The highest BCUT2D eigenvalue weighted by Gasteiger charge is 2.13. The maximum absolute atomic E-state index is 11.9. The lowest BCUT2D eigenvalue weighted by Crippen LogP contribution is -2.33. The van der Waals surface area contributed by atoms with Gasteiger partial charge in [0, 0.05) is 13.6 Å². The fourth-order valence-corrected chi connectivity index (χ4v) is 2.55. The van der Waals surface area contributed by atoms with Gasteiger partial charge in [-0.05, 0) is 24.3 Å². The van der Waals surface area contributed by atoms with E-state index in [1.165, 1.54) is 31.3 Å². The van der Waals surface area contributed by atoms with Gasteiger partial charge >= 0.3 is 0 Å². The molecule has 0 fully saturated rings. The van der Waals surface area contributed by atoms with Gasteiger partial charge in [-0.25, -0.2) is 8.42 Å². The highest BCUT2D eigenvalue weighted by Crippen LogP contribution is 2.11. The van der Waals surface area contributed by atoms with Crippen LogP contribution >= 0.6 is 0 Å². The van der Waals surface area contributed by atoms with Crippen LogP contribution in [0, 0.1) is 11.3 Å². The summed E-state index contributed by atoms with van der Waals surface area (Å²) < 4.78 is 23.8. The Bertz CT molecular complexity index is 573. The van der Waals surface area contributed by atoms with Crippen LogP contribution < -0.4 is 10.6 Å². The molecule has 6 nitrogen and oxygen atoms in total. The molecular weight excluding hydrogens is 266 g/mol. The predicted molar refractivity (Wildman–Crippen MR) is 70.1 cm³/mol. The lowest BCUT2D eigenvalue weighted by Gasteiger charge is -2.06. The molecule has 19 heavy (non-hydrogen) atoms. The van der Waals surface area contributed by atoms with Crippen LogP contribution in [-0.4, -0.2) is 40.2 Å². The first kappa shape index (κ1) is 15.1. The quantitative estimate of drug-likeness (QED) is 0.695. The van der Waals surface area contributed by atoms with Crippen LogP contribution in [0.15, 0.2) is 29.2 Å². The third kappa shape index (κ3) is 4.69. The van der Waals surface area contributed by atoms with Gasteiger partial charge < -0.3 is 10.6 Å². The molecule has 0 spiro atoms. The van der Waals surface area contributed by atoms with Crippen molar-refractivity contribution < 1.29 is 13.2 Å². The van der Waals surface area contributed by atoms with Crippen molar-refractivity contribution in [2.24, 2.45) is 0 Å². The summed E-state index contributed by atoms with van der Waals surface area (Å²) in [4.78, 5) is 11.1. The van der Waals surface area contributed by atoms with Crippen LogP contribution in [-0.2, 0) is 14.6 Å². The minimum atomic E-state index is -3.39. The van der Waals surface area contributed by atoms with Gasteiger partial charge in [0.1, 0.15) is 0 Å². The van der Waals surface area contributed by atoms with E-state index < -0.39 is 9.84 Å². The maximum atomic E-state index is 11.9. The Kier molecular flexibility index (Phi) is 5.48. The number of nitrogens with zero attached hydrogens (tertiary/aromatic N) is 1. The van der Waals surface area contributed by atoms with E-state index in [1.807, 2.05) is 6.07 Å². The van der Waals surface area contributed by atoms with Crippen molar-refractivity contribution in [3.05, 3.63) is 29.8 Å². The molecule has 7 heteroatoms. The second kappa shape index (κ2) is 6.87. The second-order valence-electron chi connectivity index (χ2n) is 3.81. The standard InChI is InChI=1S/C12H15N3O3S/c1-14-12(16)9-15-6-7-19(17,18)11-4-2-10(8-13)3-5-11/h2-5,15H,6-7,9H2,1H3,(H,14,16). The molecule has 0 atom stereocenters. The fraction of sp³-hybridized carbons (Fsp3) is 0.333. The summed E-state index contributed by atoms with van der Waals surface area (Å²) >= 11 is 0. The smallest absolute Gasteiger partial charge is 0.233 e. The Balaban J connectivity index is 2.56. The van der Waals surface area contributed by atoms with Crippen molar-refractivity contribution in [2.45, 2.75) is 4.90 Å². The molecule has 0 radical (unpaired) electrons. The monoisotopic (exact) mass is 281 g/mol. The average molecular weight is 281 g/mol. The van der Waals surface area contributed by atoms with E-state index in [0.717, 1.165) is 0 Å². The molecule has 0 aliphatic rings. The summed E-state index contributed by atoms with van der Waals surface area (Å²) in [5, 5.41) is 13.8. The van der Waals surface area contributed by atoms with Crippen molar-refractivity contribution in [1.29, 1.82) is 5.26 Å². The van der Waals surface area contributed by atoms with E-state index in [1.54, 1.807) is 0 Å². The molecule has 0 aliphatic heterocycles. The molecule has 2 N–H and O–H groups in total. The first-order chi connectivity index (χ1) is 8.99. The summed E-state index contributed by atoms with van der Waals surface area (Å²) in [6.45, 7) is 0.273. The highest BCUT2D eigenvalue weighted by molar-refractivity contribution is 7.91. The van der Waals surface area contributed by atoms with Gasteiger partial charge in [0.05, 0.1) is 28.8 Å². The Morgan fingerprint density at radius 3 is 2.47 bits per heavy atom. The molecule has 0 unspecified atom stereocenters. The third-order valence-electron chi connectivity index (χ3n) is 2.45. The molecule has 0 aromatic heterocycles. The fourth-order valence-electron chi connectivity index (χ4n) is 1.35. The minimum Gasteiger partial charge on any atom is -0.358 e. The summed E-state index contributed by atoms with van der Waals surface area (Å²) in [6.07, 6.45) is 0. The van der Waals surface area contributed by atoms with Crippen molar-refractivity contribution in [3.63, 3.8) is 0 Å². The van der Waals surface area contributed by atoms with E-state index in [0.29, 0.717) is 5.56 Å². The maximum Gasteiger partial charge on any atom is 0.233 e. The molecule has 0 saturated carbocycles. The van der Waals surface area contributed by atoms with E-state index in [9.17, 15) is 13.2 Å². The number of carbonyl (C=O) groups is 1. The number of sulfone groups is 1. The third-order valence-corrected chi connectivity index (χ3v) is 4.19. The average Bonchev–Trinajstić information content (AvgIpc) is 2.43. The zero-order chi connectivity index (χ0) is 14.3. The number of likely N-dealkylation sites (N-methyl/N-ethyl adjacent to an activating group) is 1. The largest absolute Gasteiger partial charge is 0.358 e. The van der Waals surface area contributed by atoms with E-state index in [2.05, 4.69) is 10.6 Å². The van der Waals surface area contributed by atoms with E-state index in [-0.39, 0.29) is 29.6 Å². The van der Waals surface area contributed by atoms with Crippen molar-refractivity contribution in [2.75, 3.05) is 25.9 Å². The SMILES string of the molecule is CNC(=O)CNCCS(=O)(=O)c1ccc(C#N)cc1. The number of benzene rings is 1. The molecule has 0 bridgehead atoms. The van der Waals surface area contributed by atoms with Crippen LogP contribution in [0.2, 0.25) is 0 Å². The van der Waals surface area contributed by atoms with E-state index in [4.69, 9.17) is 5.26 Å². The number of rotatable bonds is 6. The first-order valence-electron chi connectivity index (χ1n) is 5.64. The van der Waals surface area contributed by atoms with Crippen LogP contribution in [0.5, 0.6) is 0 Å². The molecule has 1 aromatic rings. The molecule has 0 aliphatic carbocycles. The van der Waals surface area contributed by atoms with Gasteiger partial charge in [-0.3, -0.25) is 4.79 Å². The van der Waals surface area contributed by atoms with Crippen molar-refractivity contribution in [1.82, 2.24) is 10.6 Å². The lowest BCUT2D eigenvalue weighted by molar-refractivity contribution is -0.119. The number of carbonyl (C=O) groups excluding carboxylic acids is 1. The van der Waals surface area contributed by atoms with Crippen LogP contribution in [0.3, 0.4) is 0 Å². The number of nitriles is 1. The second-order valence-corrected chi connectivity index (χ2v) is 5.91. The number of hydrogen-bond acceptors (Lipinski definition) is 5. The molecule has 0 heterocycles. The van der Waals surface area contributed by atoms with Gasteiger partial charge in [0.2, 0.25) is 5.91 Å². The zero-order valence-corrected chi connectivity index (χ0v) is 11.3. The number of nitrogens with one attached hydrogen (secondary N) is 2. The van der Waals surface area contributed by atoms with Crippen LogP contribution in [0.25, 0.3) is 0 Å². The van der Waals surface area contributed by atoms with Gasteiger partial charge in [0.25, 0.3) is 0 Å². The van der Waals surface area contributed by atoms with Crippen molar-refractivity contribution >= 4 is 15.7 Å². The van der Waals surface area contributed by atoms with Gasteiger partial charge in [-0.2, -0.15) is 5.26 Å². The van der Waals surface area contributed by atoms with Gasteiger partial charge in [-0.15, -0.1) is 0 Å². The molecule has 1 rings (SSSR count). The molecule has 102 valence electrons. The Morgan fingerprint density at radius 2 is 1.95 bits per heavy atom. The topological polar surface area (TPSA) is 99.1 Å². The van der Waals surface area contributed by atoms with Gasteiger partial charge in [0.15, 0.2) is 9.84 Å².